The van der Waals surface area contributed by atoms with E-state index in [-0.39, 0.29) is 18.9 Å². The van der Waals surface area contributed by atoms with E-state index >= 15 is 0 Å². The number of carbonyl (C=O) groups excluding carboxylic acids is 1. The normalized spacial score (nSPS) is 11.5. The molecule has 6 heteroatoms. The molecule has 1 N–H and O–H groups in total. The van der Waals surface area contributed by atoms with E-state index in [4.69, 9.17) is 0 Å². The van der Waals surface area contributed by atoms with Gasteiger partial charge in [0.1, 0.15) is 0 Å². The van der Waals surface area contributed by atoms with Gasteiger partial charge in [-0.3, -0.25) is 9.78 Å². The molecule has 0 spiro atoms. The molecule has 0 aliphatic rings. The van der Waals surface area contributed by atoms with Crippen molar-refractivity contribution in [2.24, 2.45) is 0 Å². The van der Waals surface area contributed by atoms with E-state index in [2.05, 4.69) is 10.3 Å². The highest BCUT2D eigenvalue weighted by Crippen LogP contribution is 2.29. The highest BCUT2D eigenvalue weighted by Gasteiger charge is 2.29. The summed E-state index contributed by atoms with van der Waals surface area (Å²) < 4.78 is 37.6. The number of para-hydroxylation sites is 1. The van der Waals surface area contributed by atoms with Crippen molar-refractivity contribution in [3.05, 3.63) is 77.5 Å². The van der Waals surface area contributed by atoms with Crippen LogP contribution in [0.1, 0.15) is 16.7 Å². The number of carbonyl (C=O) groups is 1. The molecule has 0 aliphatic carbocycles. The third kappa shape index (κ3) is 4.15. The van der Waals surface area contributed by atoms with E-state index < -0.39 is 11.7 Å². The van der Waals surface area contributed by atoms with E-state index in [1.54, 1.807) is 6.20 Å². The van der Waals surface area contributed by atoms with Gasteiger partial charge in [-0.25, -0.2) is 0 Å². The van der Waals surface area contributed by atoms with Crippen LogP contribution in [0, 0.1) is 0 Å². The highest BCUT2D eigenvalue weighted by molar-refractivity contribution is 5.87. The van der Waals surface area contributed by atoms with Crippen molar-refractivity contribution >= 4 is 16.8 Å². The standard InChI is InChI=1S/C19H15F3N2O/c20-19(21,22)16-8-6-13(7-9-16)12-24-17(25)11-15-4-1-3-14-5-2-10-23-18(14)15/h1-10H,11-12H2,(H,24,25). The van der Waals surface area contributed by atoms with Gasteiger partial charge in [-0.1, -0.05) is 36.4 Å². The first-order valence-corrected chi connectivity index (χ1v) is 7.69. The molecule has 0 bridgehead atoms. The van der Waals surface area contributed by atoms with E-state index in [1.165, 1.54) is 12.1 Å². The molecule has 3 rings (SSSR count). The summed E-state index contributed by atoms with van der Waals surface area (Å²) in [6.07, 6.45) is -2.52. The van der Waals surface area contributed by atoms with Crippen LogP contribution in [0.2, 0.25) is 0 Å². The second-order valence-corrected chi connectivity index (χ2v) is 5.64. The van der Waals surface area contributed by atoms with Crippen molar-refractivity contribution in [3.8, 4) is 0 Å². The summed E-state index contributed by atoms with van der Waals surface area (Å²) in [4.78, 5) is 16.4. The number of aromatic nitrogens is 1. The molecule has 0 radical (unpaired) electrons. The van der Waals surface area contributed by atoms with E-state index in [9.17, 15) is 18.0 Å². The number of amides is 1. The highest BCUT2D eigenvalue weighted by atomic mass is 19.4. The maximum absolute atomic E-state index is 12.5. The lowest BCUT2D eigenvalue weighted by molar-refractivity contribution is -0.137. The summed E-state index contributed by atoms with van der Waals surface area (Å²) >= 11 is 0. The molecule has 1 aromatic heterocycles. The summed E-state index contributed by atoms with van der Waals surface area (Å²) in [5, 5.41) is 3.68. The zero-order valence-electron chi connectivity index (χ0n) is 13.2. The Morgan fingerprint density at radius 1 is 1.00 bits per heavy atom. The first-order chi connectivity index (χ1) is 11.9. The van der Waals surface area contributed by atoms with Crippen LogP contribution in [0.3, 0.4) is 0 Å². The minimum absolute atomic E-state index is 0.162. The second kappa shape index (κ2) is 6.93. The topological polar surface area (TPSA) is 42.0 Å². The van der Waals surface area contributed by atoms with Crippen LogP contribution in [-0.2, 0) is 23.9 Å². The molecule has 1 amide bonds. The lowest BCUT2D eigenvalue weighted by atomic mass is 10.1. The average Bonchev–Trinajstić information content (AvgIpc) is 2.60. The van der Waals surface area contributed by atoms with Crippen LogP contribution in [0.5, 0.6) is 0 Å². The Kier molecular flexibility index (Phi) is 4.70. The number of nitrogens with one attached hydrogen (secondary N) is 1. The summed E-state index contributed by atoms with van der Waals surface area (Å²) in [6, 6.07) is 14.1. The number of alkyl halides is 3. The Bertz CT molecular complexity index is 884. The Labute approximate surface area is 142 Å². The molecule has 0 fully saturated rings. The van der Waals surface area contributed by atoms with Gasteiger partial charge >= 0.3 is 6.18 Å². The number of hydrogen-bond donors (Lipinski definition) is 1. The van der Waals surface area contributed by atoms with Gasteiger partial charge in [-0.15, -0.1) is 0 Å². The predicted octanol–water partition coefficient (Wildman–Crippen LogP) is 4.11. The smallest absolute Gasteiger partial charge is 0.352 e. The Morgan fingerprint density at radius 3 is 2.44 bits per heavy atom. The van der Waals surface area contributed by atoms with Crippen LogP contribution in [-0.4, -0.2) is 10.9 Å². The zero-order valence-corrected chi connectivity index (χ0v) is 13.2. The molecule has 3 nitrogen and oxygen atoms in total. The molecule has 0 atom stereocenters. The maximum Gasteiger partial charge on any atom is 0.416 e. The molecule has 0 aliphatic heterocycles. The van der Waals surface area contributed by atoms with Crippen molar-refractivity contribution in [1.29, 1.82) is 0 Å². The van der Waals surface area contributed by atoms with Crippen molar-refractivity contribution in [3.63, 3.8) is 0 Å². The molecule has 128 valence electrons. The lowest BCUT2D eigenvalue weighted by Crippen LogP contribution is -2.24. The minimum atomic E-state index is -4.36. The van der Waals surface area contributed by atoms with E-state index in [1.807, 2.05) is 30.3 Å². The van der Waals surface area contributed by atoms with E-state index in [0.29, 0.717) is 5.56 Å². The molecular formula is C19H15F3N2O. The van der Waals surface area contributed by atoms with Gasteiger partial charge in [-0.2, -0.15) is 13.2 Å². The molecule has 25 heavy (non-hydrogen) atoms. The molecule has 2 aromatic carbocycles. The number of fused-ring (bicyclic) bond motifs is 1. The largest absolute Gasteiger partial charge is 0.416 e. The number of nitrogens with zero attached hydrogens (tertiary/aromatic N) is 1. The molecule has 0 unspecified atom stereocenters. The molecule has 0 saturated carbocycles. The van der Waals surface area contributed by atoms with Gasteiger partial charge in [0.15, 0.2) is 0 Å². The predicted molar refractivity (Wildman–Crippen MR) is 88.7 cm³/mol. The second-order valence-electron chi connectivity index (χ2n) is 5.64. The van der Waals surface area contributed by atoms with Crippen LogP contribution in [0.15, 0.2) is 60.8 Å². The van der Waals surface area contributed by atoms with Gasteiger partial charge < -0.3 is 5.32 Å². The average molecular weight is 344 g/mol. The first kappa shape index (κ1) is 17.0. The van der Waals surface area contributed by atoms with Gasteiger partial charge in [0, 0.05) is 18.1 Å². The van der Waals surface area contributed by atoms with Crippen molar-refractivity contribution in [1.82, 2.24) is 10.3 Å². The summed E-state index contributed by atoms with van der Waals surface area (Å²) in [5.74, 6) is -0.210. The van der Waals surface area contributed by atoms with Crippen LogP contribution >= 0.6 is 0 Å². The van der Waals surface area contributed by atoms with E-state index in [0.717, 1.165) is 28.6 Å². The molecule has 1 heterocycles. The number of benzene rings is 2. The Hall–Kier alpha value is -2.89. The fraction of sp³-hybridized carbons (Fsp3) is 0.158. The monoisotopic (exact) mass is 344 g/mol. The fourth-order valence-corrected chi connectivity index (χ4v) is 2.56. The Balaban J connectivity index is 1.63. The fourth-order valence-electron chi connectivity index (χ4n) is 2.56. The van der Waals surface area contributed by atoms with Crippen molar-refractivity contribution < 1.29 is 18.0 Å². The first-order valence-electron chi connectivity index (χ1n) is 7.69. The summed E-state index contributed by atoms with van der Waals surface area (Å²) in [6.45, 7) is 0.176. The summed E-state index contributed by atoms with van der Waals surface area (Å²) in [7, 11) is 0. The molecule has 0 saturated heterocycles. The number of halogens is 3. The molecule has 3 aromatic rings. The van der Waals surface area contributed by atoms with Crippen molar-refractivity contribution in [2.75, 3.05) is 0 Å². The molecular weight excluding hydrogens is 329 g/mol. The number of rotatable bonds is 4. The van der Waals surface area contributed by atoms with Gasteiger partial charge in [0.25, 0.3) is 0 Å². The van der Waals surface area contributed by atoms with Crippen LogP contribution < -0.4 is 5.32 Å². The zero-order chi connectivity index (χ0) is 17.9. The lowest BCUT2D eigenvalue weighted by Gasteiger charge is -2.09. The third-order valence-corrected chi connectivity index (χ3v) is 3.84. The van der Waals surface area contributed by atoms with Crippen LogP contribution in [0.25, 0.3) is 10.9 Å². The quantitative estimate of drug-likeness (QED) is 0.774. The Morgan fingerprint density at radius 2 is 1.72 bits per heavy atom. The third-order valence-electron chi connectivity index (χ3n) is 3.84. The summed E-state index contributed by atoms with van der Waals surface area (Å²) in [5.41, 5.74) is 1.49. The maximum atomic E-state index is 12.5. The number of pyridine rings is 1. The van der Waals surface area contributed by atoms with Gasteiger partial charge in [0.2, 0.25) is 5.91 Å². The SMILES string of the molecule is O=C(Cc1cccc2cccnc12)NCc1ccc(C(F)(F)F)cc1. The van der Waals surface area contributed by atoms with Gasteiger partial charge in [0.05, 0.1) is 17.5 Å². The van der Waals surface area contributed by atoms with Crippen LogP contribution in [0.4, 0.5) is 13.2 Å². The van der Waals surface area contributed by atoms with Crippen molar-refractivity contribution in [2.45, 2.75) is 19.1 Å². The van der Waals surface area contributed by atoms with Gasteiger partial charge in [-0.05, 0) is 29.3 Å². The number of hydrogen-bond acceptors (Lipinski definition) is 2. The minimum Gasteiger partial charge on any atom is -0.352 e.